The van der Waals surface area contributed by atoms with Crippen LogP contribution in [0, 0.1) is 5.92 Å². The number of ether oxygens (including phenoxy) is 2. The fraction of sp³-hybridized carbons (Fsp3) is 0.333. The van der Waals surface area contributed by atoms with Crippen molar-refractivity contribution in [3.63, 3.8) is 0 Å². The van der Waals surface area contributed by atoms with Crippen LogP contribution in [0.2, 0.25) is 0 Å². The third-order valence-corrected chi connectivity index (χ3v) is 3.51. The summed E-state index contributed by atoms with van der Waals surface area (Å²) in [4.78, 5) is 16.1. The van der Waals surface area contributed by atoms with Crippen LogP contribution >= 0.6 is 24.8 Å². The largest absolute Gasteiger partial charge is 0.497 e. The number of nitrogens with zero attached hydrogens (tertiary/aromatic N) is 1. The number of rotatable bonds is 8. The number of aromatic nitrogens is 1. The Kier molecular flexibility index (Phi) is 11.4. The van der Waals surface area contributed by atoms with E-state index in [1.54, 1.807) is 13.3 Å². The number of carbonyl (C=O) groups excluding carboxylic acids is 1. The molecule has 8 heteroatoms. The second-order valence-corrected chi connectivity index (χ2v) is 5.46. The molecule has 26 heavy (non-hydrogen) atoms. The Balaban J connectivity index is 0.00000312. The van der Waals surface area contributed by atoms with E-state index in [0.717, 1.165) is 11.3 Å². The Morgan fingerprint density at radius 2 is 1.81 bits per heavy atom. The number of hydrogen-bond acceptors (Lipinski definition) is 5. The lowest BCUT2D eigenvalue weighted by Gasteiger charge is -2.12. The van der Waals surface area contributed by atoms with Crippen LogP contribution in [0.1, 0.15) is 12.5 Å². The second-order valence-electron chi connectivity index (χ2n) is 5.46. The van der Waals surface area contributed by atoms with Crippen LogP contribution in [0.5, 0.6) is 17.4 Å². The molecule has 0 saturated heterocycles. The highest BCUT2D eigenvalue weighted by Gasteiger charge is 2.11. The molecule has 1 heterocycles. The number of halogens is 2. The van der Waals surface area contributed by atoms with Crippen LogP contribution < -0.4 is 20.1 Å². The quantitative estimate of drug-likeness (QED) is 0.710. The Hall–Kier alpha value is -2.02. The standard InChI is InChI=1S/C18H23N3O3.2ClH/c1-13(11-19-2)18(22)21-12-14-8-9-20-17(10-14)24-16-6-4-15(23-3)5-7-16;;/h4-10,13,19H,11-12H2,1-3H3,(H,21,22);2*1H. The Labute approximate surface area is 166 Å². The van der Waals surface area contributed by atoms with Crippen molar-refractivity contribution >= 4 is 30.7 Å². The minimum Gasteiger partial charge on any atom is -0.497 e. The molecular formula is C18H25Cl2N3O3. The molecule has 2 N–H and O–H groups in total. The van der Waals surface area contributed by atoms with Crippen molar-refractivity contribution in [3.8, 4) is 17.4 Å². The van der Waals surface area contributed by atoms with Crippen molar-refractivity contribution in [2.45, 2.75) is 13.5 Å². The number of methoxy groups -OCH3 is 1. The lowest BCUT2D eigenvalue weighted by Crippen LogP contribution is -2.33. The van der Waals surface area contributed by atoms with Gasteiger partial charge in [0.25, 0.3) is 0 Å². The molecule has 2 aromatic rings. The molecule has 0 radical (unpaired) electrons. The van der Waals surface area contributed by atoms with Gasteiger partial charge in [0.15, 0.2) is 0 Å². The molecule has 0 spiro atoms. The number of pyridine rings is 1. The van der Waals surface area contributed by atoms with Gasteiger partial charge in [-0.3, -0.25) is 4.79 Å². The van der Waals surface area contributed by atoms with E-state index in [1.807, 2.05) is 50.4 Å². The van der Waals surface area contributed by atoms with E-state index in [1.165, 1.54) is 0 Å². The summed E-state index contributed by atoms with van der Waals surface area (Å²) in [6.07, 6.45) is 1.66. The normalized spacial score (nSPS) is 10.7. The minimum absolute atomic E-state index is 0. The van der Waals surface area contributed by atoms with E-state index in [4.69, 9.17) is 9.47 Å². The average molecular weight is 402 g/mol. The zero-order valence-electron chi connectivity index (χ0n) is 15.0. The van der Waals surface area contributed by atoms with Crippen LogP contribution in [-0.4, -0.2) is 31.6 Å². The number of carbonyl (C=O) groups is 1. The van der Waals surface area contributed by atoms with Crippen LogP contribution in [0.25, 0.3) is 0 Å². The van der Waals surface area contributed by atoms with Crippen molar-refractivity contribution in [2.75, 3.05) is 20.7 Å². The topological polar surface area (TPSA) is 72.5 Å². The van der Waals surface area contributed by atoms with Gasteiger partial charge in [-0.1, -0.05) is 6.92 Å². The predicted octanol–water partition coefficient (Wildman–Crippen LogP) is 3.20. The Morgan fingerprint density at radius 3 is 2.42 bits per heavy atom. The molecule has 1 amide bonds. The molecule has 0 saturated carbocycles. The molecule has 6 nitrogen and oxygen atoms in total. The third kappa shape index (κ3) is 7.47. The van der Waals surface area contributed by atoms with Crippen molar-refractivity contribution in [2.24, 2.45) is 5.92 Å². The maximum atomic E-state index is 11.9. The lowest BCUT2D eigenvalue weighted by molar-refractivity contribution is -0.124. The van der Waals surface area contributed by atoms with Crippen molar-refractivity contribution in [1.29, 1.82) is 0 Å². The van der Waals surface area contributed by atoms with E-state index in [2.05, 4.69) is 15.6 Å². The summed E-state index contributed by atoms with van der Waals surface area (Å²) in [7, 11) is 3.45. The maximum Gasteiger partial charge on any atom is 0.224 e. The van der Waals surface area contributed by atoms with Crippen LogP contribution in [0.15, 0.2) is 42.6 Å². The summed E-state index contributed by atoms with van der Waals surface area (Å²) in [5.41, 5.74) is 0.929. The van der Waals surface area contributed by atoms with E-state index in [0.29, 0.717) is 24.7 Å². The lowest BCUT2D eigenvalue weighted by atomic mass is 10.1. The molecule has 2 rings (SSSR count). The van der Waals surface area contributed by atoms with E-state index >= 15 is 0 Å². The summed E-state index contributed by atoms with van der Waals surface area (Å²) in [6, 6.07) is 10.9. The number of hydrogen-bond donors (Lipinski definition) is 2. The maximum absolute atomic E-state index is 11.9. The molecule has 0 bridgehead atoms. The van der Waals surface area contributed by atoms with Gasteiger partial charge in [0.1, 0.15) is 11.5 Å². The minimum atomic E-state index is -0.0770. The average Bonchev–Trinajstić information content (AvgIpc) is 2.61. The SMILES string of the molecule is CNCC(C)C(=O)NCc1ccnc(Oc2ccc(OC)cc2)c1.Cl.Cl. The van der Waals surface area contributed by atoms with Gasteiger partial charge in [0.2, 0.25) is 11.8 Å². The van der Waals surface area contributed by atoms with Crippen molar-refractivity contribution < 1.29 is 14.3 Å². The van der Waals surface area contributed by atoms with Crippen LogP contribution in [0.3, 0.4) is 0 Å². The van der Waals surface area contributed by atoms with E-state index in [9.17, 15) is 4.79 Å². The first-order valence-electron chi connectivity index (χ1n) is 7.81. The molecule has 0 aliphatic rings. The summed E-state index contributed by atoms with van der Waals surface area (Å²) < 4.78 is 10.8. The van der Waals surface area contributed by atoms with Gasteiger partial charge in [-0.2, -0.15) is 0 Å². The van der Waals surface area contributed by atoms with Gasteiger partial charge in [-0.15, -0.1) is 24.8 Å². The number of nitrogens with one attached hydrogen (secondary N) is 2. The molecular weight excluding hydrogens is 377 g/mol. The van der Waals surface area contributed by atoms with Crippen molar-refractivity contribution in [1.82, 2.24) is 15.6 Å². The molecule has 0 aliphatic heterocycles. The van der Waals surface area contributed by atoms with Gasteiger partial charge in [0.05, 0.1) is 7.11 Å². The fourth-order valence-electron chi connectivity index (χ4n) is 2.14. The van der Waals surface area contributed by atoms with Gasteiger partial charge < -0.3 is 20.1 Å². The molecule has 1 aromatic heterocycles. The van der Waals surface area contributed by atoms with Crippen LogP contribution in [-0.2, 0) is 11.3 Å². The van der Waals surface area contributed by atoms with Gasteiger partial charge >= 0.3 is 0 Å². The van der Waals surface area contributed by atoms with Gasteiger partial charge in [-0.25, -0.2) is 4.98 Å². The van der Waals surface area contributed by atoms with Crippen LogP contribution in [0.4, 0.5) is 0 Å². The third-order valence-electron chi connectivity index (χ3n) is 3.51. The molecule has 1 unspecified atom stereocenters. The number of benzene rings is 1. The monoisotopic (exact) mass is 401 g/mol. The smallest absolute Gasteiger partial charge is 0.224 e. The van der Waals surface area contributed by atoms with E-state index < -0.39 is 0 Å². The molecule has 0 fully saturated rings. The first-order valence-corrected chi connectivity index (χ1v) is 7.81. The molecule has 1 atom stereocenters. The van der Waals surface area contributed by atoms with Gasteiger partial charge in [0, 0.05) is 31.3 Å². The summed E-state index contributed by atoms with van der Waals surface area (Å²) in [5.74, 6) is 1.86. The fourth-order valence-corrected chi connectivity index (χ4v) is 2.14. The summed E-state index contributed by atoms with van der Waals surface area (Å²) >= 11 is 0. The molecule has 1 aromatic carbocycles. The summed E-state index contributed by atoms with van der Waals surface area (Å²) in [5, 5.41) is 5.90. The summed E-state index contributed by atoms with van der Waals surface area (Å²) in [6.45, 7) is 2.97. The second kappa shape index (κ2) is 12.4. The molecule has 0 aliphatic carbocycles. The Morgan fingerprint density at radius 1 is 1.15 bits per heavy atom. The highest BCUT2D eigenvalue weighted by Crippen LogP contribution is 2.22. The zero-order chi connectivity index (χ0) is 17.4. The van der Waals surface area contributed by atoms with Crippen molar-refractivity contribution in [3.05, 3.63) is 48.2 Å². The zero-order valence-corrected chi connectivity index (χ0v) is 16.7. The first-order chi connectivity index (χ1) is 11.6. The Bertz CT molecular complexity index is 669. The molecule has 144 valence electrons. The predicted molar refractivity (Wildman–Crippen MR) is 107 cm³/mol. The van der Waals surface area contributed by atoms with Gasteiger partial charge in [-0.05, 0) is 42.9 Å². The highest BCUT2D eigenvalue weighted by molar-refractivity contribution is 5.85. The number of amides is 1. The van der Waals surface area contributed by atoms with E-state index in [-0.39, 0.29) is 36.6 Å². The first kappa shape index (κ1) is 24.0. The highest BCUT2D eigenvalue weighted by atomic mass is 35.5.